The van der Waals surface area contributed by atoms with Gasteiger partial charge in [0.05, 0.1) is 23.9 Å². The zero-order chi connectivity index (χ0) is 31.5. The average molecular weight is 599 g/mol. The van der Waals surface area contributed by atoms with Crippen LogP contribution in [0.2, 0.25) is 0 Å². The fourth-order valence-electron chi connectivity index (χ4n) is 4.26. The second-order valence-corrected chi connectivity index (χ2v) is 10.4. The standard InChI is InChI=1S/C9H10N2.C8H9N3.2C5H8N2.C4H7N3.CH4/c1-7-6-11(2)9-8(7)4-3-5-10-9;1-6-4-11(2)8-7(6)3-9-5-10-8;1-5-3-7(2)4-6-5;1-5-3-6-7(2)4-5;1-4-3-7(2)6-5-4;/h3-6H,1-2H3;3-5H,1-2H3;2*3-4H,1-2H3;3H,1-2H3;1H4. The van der Waals surface area contributed by atoms with E-state index in [0.29, 0.717) is 0 Å². The Balaban J connectivity index is 0.000000194. The molecule has 0 aromatic carbocycles. The van der Waals surface area contributed by atoms with E-state index in [-0.39, 0.29) is 7.43 Å². The molecule has 0 fully saturated rings. The second-order valence-electron chi connectivity index (χ2n) is 10.4. The Bertz CT molecular complexity index is 1560. The highest BCUT2D eigenvalue weighted by molar-refractivity contribution is 5.80. The van der Waals surface area contributed by atoms with Crippen LogP contribution < -0.4 is 0 Å². The lowest BCUT2D eigenvalue weighted by Crippen LogP contribution is -1.86. The molecule has 0 saturated heterocycles. The lowest BCUT2D eigenvalue weighted by Gasteiger charge is -1.91. The van der Waals surface area contributed by atoms with Crippen molar-refractivity contribution < 1.29 is 0 Å². The van der Waals surface area contributed by atoms with Crippen molar-refractivity contribution in [2.45, 2.75) is 42.0 Å². The third kappa shape index (κ3) is 10.3. The van der Waals surface area contributed by atoms with Crippen LogP contribution in [0.25, 0.3) is 22.1 Å². The Hall–Kier alpha value is -5.13. The molecular weight excluding hydrogens is 552 g/mol. The van der Waals surface area contributed by atoms with E-state index in [0.717, 1.165) is 28.1 Å². The van der Waals surface area contributed by atoms with Crippen LogP contribution in [0.4, 0.5) is 0 Å². The van der Waals surface area contributed by atoms with Crippen molar-refractivity contribution in [3.05, 3.63) is 102 Å². The van der Waals surface area contributed by atoms with E-state index in [1.54, 1.807) is 22.0 Å². The number of imidazole rings is 1. The predicted molar refractivity (Wildman–Crippen MR) is 177 cm³/mol. The van der Waals surface area contributed by atoms with Gasteiger partial charge in [-0.25, -0.2) is 19.9 Å². The molecule has 7 rings (SSSR count). The van der Waals surface area contributed by atoms with E-state index in [2.05, 4.69) is 67.7 Å². The van der Waals surface area contributed by atoms with Gasteiger partial charge < -0.3 is 13.7 Å². The molecule has 7 heterocycles. The number of aromatic nitrogens is 12. The maximum absolute atomic E-state index is 4.26. The normalized spacial score (nSPS) is 9.86. The minimum atomic E-state index is 0. The van der Waals surface area contributed by atoms with E-state index in [9.17, 15) is 0 Å². The summed E-state index contributed by atoms with van der Waals surface area (Å²) in [5.41, 5.74) is 7.81. The fourth-order valence-corrected chi connectivity index (χ4v) is 4.26. The van der Waals surface area contributed by atoms with E-state index >= 15 is 0 Å². The van der Waals surface area contributed by atoms with Crippen LogP contribution in [0.5, 0.6) is 0 Å². The molecule has 0 aliphatic rings. The summed E-state index contributed by atoms with van der Waals surface area (Å²) in [6.07, 6.45) is 18.8. The zero-order valence-corrected chi connectivity index (χ0v) is 26.8. The zero-order valence-electron chi connectivity index (χ0n) is 26.8. The fraction of sp³-hybridized carbons (Fsp3) is 0.344. The Labute approximate surface area is 260 Å². The monoisotopic (exact) mass is 598 g/mol. The Morgan fingerprint density at radius 2 is 1.30 bits per heavy atom. The molecule has 0 aliphatic heterocycles. The summed E-state index contributed by atoms with van der Waals surface area (Å²) < 4.78 is 9.44. The van der Waals surface area contributed by atoms with Gasteiger partial charge in [-0.15, -0.1) is 5.10 Å². The minimum Gasteiger partial charge on any atom is -0.340 e. The van der Waals surface area contributed by atoms with Gasteiger partial charge >= 0.3 is 0 Å². The number of rotatable bonds is 0. The maximum Gasteiger partial charge on any atom is 0.143 e. The molecule has 7 aromatic heterocycles. The van der Waals surface area contributed by atoms with Gasteiger partial charge in [0.1, 0.15) is 17.6 Å². The number of aryl methyl sites for hydroxylation is 10. The third-order valence-electron chi connectivity index (χ3n) is 6.16. The predicted octanol–water partition coefficient (Wildman–Crippen LogP) is 5.38. The molecule has 0 bridgehead atoms. The van der Waals surface area contributed by atoms with E-state index in [1.165, 1.54) is 22.1 Å². The molecule has 12 nitrogen and oxygen atoms in total. The first kappa shape index (κ1) is 35.1. The van der Waals surface area contributed by atoms with Gasteiger partial charge in [-0.05, 0) is 63.4 Å². The van der Waals surface area contributed by atoms with Gasteiger partial charge in [-0.2, -0.15) is 5.10 Å². The highest BCUT2D eigenvalue weighted by Gasteiger charge is 2.02. The molecule has 0 atom stereocenters. The summed E-state index contributed by atoms with van der Waals surface area (Å²) in [6, 6.07) is 4.06. The SMILES string of the molecule is C.Cc1cn(C)c2ncccc12.Cc1cn(C)c2ncncc12.Cc1cn(C)cn1.Cc1cn(C)nn1.Cc1cnn(C)c1. The number of nitrogens with zero attached hydrogens (tertiary/aromatic N) is 12. The van der Waals surface area contributed by atoms with Crippen LogP contribution in [-0.4, -0.2) is 58.4 Å². The topological polar surface area (TPSA) is 115 Å². The van der Waals surface area contributed by atoms with Gasteiger partial charge in [0.15, 0.2) is 0 Å². The molecule has 44 heavy (non-hydrogen) atoms. The Kier molecular flexibility index (Phi) is 13.1. The minimum absolute atomic E-state index is 0. The Morgan fingerprint density at radius 1 is 0.636 bits per heavy atom. The molecular formula is C32H46N12. The third-order valence-corrected chi connectivity index (χ3v) is 6.16. The highest BCUT2D eigenvalue weighted by Crippen LogP contribution is 2.16. The maximum atomic E-state index is 4.26. The van der Waals surface area contributed by atoms with Crippen LogP contribution in [0.15, 0.2) is 74.4 Å². The van der Waals surface area contributed by atoms with E-state index in [4.69, 9.17) is 0 Å². The molecule has 0 spiro atoms. The van der Waals surface area contributed by atoms with Gasteiger partial charge in [0.2, 0.25) is 0 Å². The van der Waals surface area contributed by atoms with Crippen molar-refractivity contribution in [3.8, 4) is 0 Å². The van der Waals surface area contributed by atoms with Crippen molar-refractivity contribution in [2.24, 2.45) is 35.2 Å². The van der Waals surface area contributed by atoms with Crippen LogP contribution in [0, 0.1) is 34.6 Å². The van der Waals surface area contributed by atoms with Gasteiger partial charge in [0, 0.05) is 89.4 Å². The van der Waals surface area contributed by atoms with Gasteiger partial charge in [0.25, 0.3) is 0 Å². The average Bonchev–Trinajstić information content (AvgIpc) is 3.78. The molecule has 0 radical (unpaired) electrons. The summed E-state index contributed by atoms with van der Waals surface area (Å²) in [6.45, 7) is 10.1. The molecule has 0 unspecified atom stereocenters. The molecule has 7 aromatic rings. The molecule has 12 heteroatoms. The molecule has 234 valence electrons. The second kappa shape index (κ2) is 16.5. The van der Waals surface area contributed by atoms with Crippen molar-refractivity contribution in [1.82, 2.24) is 58.4 Å². The molecule has 0 saturated carbocycles. The first-order chi connectivity index (χ1) is 20.4. The molecule has 0 amide bonds. The summed E-state index contributed by atoms with van der Waals surface area (Å²) in [4.78, 5) is 16.4. The van der Waals surface area contributed by atoms with Gasteiger partial charge in [-0.3, -0.25) is 9.36 Å². The largest absolute Gasteiger partial charge is 0.340 e. The number of hydrogen-bond acceptors (Lipinski definition) is 7. The quantitative estimate of drug-likeness (QED) is 0.230. The first-order valence-electron chi connectivity index (χ1n) is 13.8. The first-order valence-corrected chi connectivity index (χ1v) is 13.8. The van der Waals surface area contributed by atoms with Gasteiger partial charge in [-0.1, -0.05) is 12.6 Å². The number of hydrogen-bond donors (Lipinski definition) is 0. The molecule has 0 aliphatic carbocycles. The van der Waals surface area contributed by atoms with Crippen LogP contribution >= 0.6 is 0 Å². The summed E-state index contributed by atoms with van der Waals surface area (Å²) >= 11 is 0. The lowest BCUT2D eigenvalue weighted by molar-refractivity contribution is 0.714. The van der Waals surface area contributed by atoms with Crippen molar-refractivity contribution in [2.75, 3.05) is 0 Å². The molecule has 0 N–H and O–H groups in total. The summed E-state index contributed by atoms with van der Waals surface area (Å²) in [5, 5.41) is 13.7. The van der Waals surface area contributed by atoms with Crippen molar-refractivity contribution in [3.63, 3.8) is 0 Å². The number of fused-ring (bicyclic) bond motifs is 2. The summed E-state index contributed by atoms with van der Waals surface area (Å²) in [7, 11) is 9.72. The van der Waals surface area contributed by atoms with Crippen LogP contribution in [-0.2, 0) is 35.2 Å². The Morgan fingerprint density at radius 3 is 1.68 bits per heavy atom. The van der Waals surface area contributed by atoms with E-state index in [1.807, 2.05) is 113 Å². The van der Waals surface area contributed by atoms with Crippen molar-refractivity contribution >= 4 is 22.1 Å². The number of pyridine rings is 1. The highest BCUT2D eigenvalue weighted by atomic mass is 15.4. The van der Waals surface area contributed by atoms with Crippen LogP contribution in [0.1, 0.15) is 35.5 Å². The smallest absolute Gasteiger partial charge is 0.143 e. The summed E-state index contributed by atoms with van der Waals surface area (Å²) in [5.74, 6) is 0. The van der Waals surface area contributed by atoms with Crippen LogP contribution in [0.3, 0.4) is 0 Å². The van der Waals surface area contributed by atoms with Crippen molar-refractivity contribution in [1.29, 1.82) is 0 Å². The lowest BCUT2D eigenvalue weighted by atomic mass is 10.2. The van der Waals surface area contributed by atoms with E-state index < -0.39 is 0 Å².